The van der Waals surface area contributed by atoms with Gasteiger partial charge in [0.2, 0.25) is 0 Å². The molecule has 8 nitrogen and oxygen atoms in total. The maximum atomic E-state index is 5.74. The van der Waals surface area contributed by atoms with Gasteiger partial charge in [0.05, 0.1) is 42.5 Å². The van der Waals surface area contributed by atoms with Crippen molar-refractivity contribution in [2.45, 2.75) is 91.1 Å². The minimum atomic E-state index is 0.734. The third kappa shape index (κ3) is 8.82. The van der Waals surface area contributed by atoms with E-state index in [0.717, 1.165) is 89.7 Å². The zero-order valence-electron chi connectivity index (χ0n) is 23.6. The highest BCUT2D eigenvalue weighted by Gasteiger charge is 2.23. The number of anilines is 4. The van der Waals surface area contributed by atoms with Crippen LogP contribution in [-0.2, 0) is 13.1 Å². The zero-order valence-corrected chi connectivity index (χ0v) is 23.6. The van der Waals surface area contributed by atoms with E-state index in [9.17, 15) is 0 Å². The number of rotatable bonds is 19. The lowest BCUT2D eigenvalue weighted by Gasteiger charge is -2.39. The quantitative estimate of drug-likeness (QED) is 0.124. The second-order valence-electron chi connectivity index (χ2n) is 10.3. The van der Waals surface area contributed by atoms with Crippen LogP contribution in [0.3, 0.4) is 0 Å². The van der Waals surface area contributed by atoms with Crippen LogP contribution in [0, 0.1) is 0 Å². The summed E-state index contributed by atoms with van der Waals surface area (Å²) >= 11 is 0. The molecule has 2 heterocycles. The first-order chi connectivity index (χ1) is 18.2. The summed E-state index contributed by atoms with van der Waals surface area (Å²) in [4.78, 5) is 5.18. The summed E-state index contributed by atoms with van der Waals surface area (Å²) in [6, 6.07) is 6.86. The number of aromatic nitrogens is 2. The number of benzene rings is 1. The molecule has 3 rings (SSSR count). The van der Waals surface area contributed by atoms with Crippen molar-refractivity contribution in [2.24, 2.45) is 11.5 Å². The van der Waals surface area contributed by atoms with Crippen molar-refractivity contribution in [1.82, 2.24) is 4.57 Å². The van der Waals surface area contributed by atoms with Crippen molar-refractivity contribution in [1.29, 1.82) is 0 Å². The van der Waals surface area contributed by atoms with Crippen LogP contribution in [0.25, 0.3) is 0 Å². The molecule has 1 aliphatic rings. The normalized spacial score (nSPS) is 13.2. The summed E-state index contributed by atoms with van der Waals surface area (Å²) in [7, 11) is 0. The summed E-state index contributed by atoms with van der Waals surface area (Å²) in [5.41, 5.74) is 22.4. The van der Waals surface area contributed by atoms with Crippen molar-refractivity contribution in [3.05, 3.63) is 30.6 Å². The Kier molecular flexibility index (Phi) is 12.9. The number of hydrazine groups is 1. The molecule has 8 heteroatoms. The Morgan fingerprint density at radius 3 is 2.08 bits per heavy atom. The van der Waals surface area contributed by atoms with Gasteiger partial charge in [-0.2, -0.15) is 5.43 Å². The van der Waals surface area contributed by atoms with Gasteiger partial charge < -0.3 is 21.3 Å². The minimum Gasteiger partial charge on any atom is -0.368 e. The highest BCUT2D eigenvalue weighted by atomic mass is 15.5. The molecule has 0 atom stereocenters. The first-order valence-corrected chi connectivity index (χ1v) is 14.9. The van der Waals surface area contributed by atoms with Gasteiger partial charge in [-0.25, -0.2) is 9.13 Å². The summed E-state index contributed by atoms with van der Waals surface area (Å²) < 4.78 is 4.58. The SMILES string of the molecule is CCCCCN1CCN(CCCCC)c2cc(NNc3n(CCCCN)cc[n+]3CCCCN)ccc21. The number of hydrogen-bond acceptors (Lipinski definition) is 6. The highest BCUT2D eigenvalue weighted by Crippen LogP contribution is 2.36. The summed E-state index contributed by atoms with van der Waals surface area (Å²) in [6.45, 7) is 12.4. The fourth-order valence-corrected chi connectivity index (χ4v) is 5.13. The second-order valence-corrected chi connectivity index (χ2v) is 10.3. The molecule has 0 saturated carbocycles. The Balaban J connectivity index is 1.76. The third-order valence-electron chi connectivity index (χ3n) is 7.36. The van der Waals surface area contributed by atoms with Crippen LogP contribution in [0.4, 0.5) is 23.0 Å². The molecule has 0 bridgehead atoms. The fraction of sp³-hybridized carbons (Fsp3) is 0.690. The molecule has 0 spiro atoms. The fourth-order valence-electron chi connectivity index (χ4n) is 5.13. The molecule has 0 radical (unpaired) electrons. The molecule has 0 saturated heterocycles. The van der Waals surface area contributed by atoms with Crippen molar-refractivity contribution >= 4 is 23.0 Å². The lowest BCUT2D eigenvalue weighted by molar-refractivity contribution is -0.682. The average Bonchev–Trinajstić information content (AvgIpc) is 3.30. The van der Waals surface area contributed by atoms with Gasteiger partial charge in [-0.05, 0) is 69.8 Å². The Hall–Kier alpha value is -2.45. The van der Waals surface area contributed by atoms with E-state index < -0.39 is 0 Å². The maximum absolute atomic E-state index is 5.74. The molecule has 2 aromatic rings. The van der Waals surface area contributed by atoms with Gasteiger partial charge in [0.25, 0.3) is 0 Å². The number of unbranched alkanes of at least 4 members (excludes halogenated alkanes) is 6. The van der Waals surface area contributed by atoms with E-state index in [1.807, 2.05) is 0 Å². The van der Waals surface area contributed by atoms with E-state index in [0.29, 0.717) is 0 Å². The largest absolute Gasteiger partial charge is 0.379 e. The lowest BCUT2D eigenvalue weighted by atomic mass is 10.1. The molecule has 0 fully saturated rings. The Morgan fingerprint density at radius 2 is 1.41 bits per heavy atom. The monoisotopic (exact) mass is 513 g/mol. The van der Waals surface area contributed by atoms with E-state index >= 15 is 0 Å². The Labute approximate surface area is 225 Å². The smallest absolute Gasteiger partial charge is 0.368 e. The summed E-state index contributed by atoms with van der Waals surface area (Å²) in [6.07, 6.45) is 16.2. The van der Waals surface area contributed by atoms with Gasteiger partial charge in [0, 0.05) is 26.2 Å². The van der Waals surface area contributed by atoms with Crippen LogP contribution < -0.4 is 36.7 Å². The molecule has 1 aromatic heterocycles. The maximum Gasteiger partial charge on any atom is 0.379 e. The number of aryl methyl sites for hydroxylation is 2. The van der Waals surface area contributed by atoms with E-state index in [2.05, 4.69) is 74.2 Å². The van der Waals surface area contributed by atoms with Gasteiger partial charge in [-0.1, -0.05) is 39.5 Å². The van der Waals surface area contributed by atoms with Crippen LogP contribution >= 0.6 is 0 Å². The van der Waals surface area contributed by atoms with Crippen molar-refractivity contribution < 1.29 is 4.57 Å². The van der Waals surface area contributed by atoms with E-state index in [1.54, 1.807) is 0 Å². The molecule has 37 heavy (non-hydrogen) atoms. The van der Waals surface area contributed by atoms with Crippen molar-refractivity contribution in [2.75, 3.05) is 59.9 Å². The predicted octanol–water partition coefficient (Wildman–Crippen LogP) is 4.70. The van der Waals surface area contributed by atoms with Crippen LogP contribution in [0.15, 0.2) is 30.6 Å². The topological polar surface area (TPSA) is 91.4 Å². The van der Waals surface area contributed by atoms with Crippen LogP contribution in [0.1, 0.15) is 78.1 Å². The van der Waals surface area contributed by atoms with E-state index in [4.69, 9.17) is 11.5 Å². The number of nitrogens with two attached hydrogens (primary N) is 2. The van der Waals surface area contributed by atoms with E-state index in [1.165, 1.54) is 49.9 Å². The van der Waals surface area contributed by atoms with E-state index in [-0.39, 0.29) is 0 Å². The van der Waals surface area contributed by atoms with Crippen LogP contribution in [0.2, 0.25) is 0 Å². The van der Waals surface area contributed by atoms with Gasteiger partial charge >= 0.3 is 5.95 Å². The van der Waals surface area contributed by atoms with Crippen LogP contribution in [0.5, 0.6) is 0 Å². The van der Waals surface area contributed by atoms with Gasteiger partial charge in [0.15, 0.2) is 0 Å². The third-order valence-corrected chi connectivity index (χ3v) is 7.36. The molecule has 1 aliphatic heterocycles. The predicted molar refractivity (Wildman–Crippen MR) is 158 cm³/mol. The molecule has 208 valence electrons. The van der Waals surface area contributed by atoms with Crippen molar-refractivity contribution in [3.8, 4) is 0 Å². The first-order valence-electron chi connectivity index (χ1n) is 14.9. The van der Waals surface area contributed by atoms with Gasteiger partial charge in [0.1, 0.15) is 0 Å². The number of hydrogen-bond donors (Lipinski definition) is 4. The van der Waals surface area contributed by atoms with Crippen molar-refractivity contribution in [3.63, 3.8) is 0 Å². The zero-order chi connectivity index (χ0) is 26.3. The number of nitrogens with zero attached hydrogens (tertiary/aromatic N) is 4. The number of imidazole rings is 1. The Morgan fingerprint density at radius 1 is 0.757 bits per heavy atom. The standard InChI is InChI=1S/C29H52N8/c1-3-5-9-17-34-21-22-35(18-10-6-4-2)28-25-26(13-14-27(28)34)32-33-29-36(19-11-7-15-30)23-24-37(29)20-12-8-16-31/h13-14,23-25,32H,3-12,15-22,30-31H2,1-2H3/p+1. The average molecular weight is 514 g/mol. The van der Waals surface area contributed by atoms with Gasteiger partial charge in [-0.3, -0.25) is 5.43 Å². The second kappa shape index (κ2) is 16.4. The lowest BCUT2D eigenvalue weighted by Crippen LogP contribution is -2.42. The number of nitrogens with one attached hydrogen (secondary N) is 2. The summed E-state index contributed by atoms with van der Waals surface area (Å²) in [5, 5.41) is 0. The summed E-state index contributed by atoms with van der Waals surface area (Å²) in [5.74, 6) is 1.08. The molecule has 0 aliphatic carbocycles. The molecular weight excluding hydrogens is 460 g/mol. The van der Waals surface area contributed by atoms with Crippen LogP contribution in [-0.4, -0.2) is 43.8 Å². The molecule has 1 aromatic carbocycles. The Bertz CT molecular complexity index is 869. The molecular formula is C29H53N8+. The first kappa shape index (κ1) is 29.1. The van der Waals surface area contributed by atoms with Gasteiger partial charge in [-0.15, -0.1) is 0 Å². The minimum absolute atomic E-state index is 0.734. The molecule has 0 unspecified atom stereocenters. The number of fused-ring (bicyclic) bond motifs is 1. The molecule has 6 N–H and O–H groups in total. The molecule has 0 amide bonds. The highest BCUT2D eigenvalue weighted by molar-refractivity contribution is 5.78.